The summed E-state index contributed by atoms with van der Waals surface area (Å²) < 4.78 is 5.43. The van der Waals surface area contributed by atoms with Crippen molar-refractivity contribution in [2.45, 2.75) is 52.7 Å². The SMILES string of the molecule is Cc1c(CN(C(=O)O)C(C)(C)C)ccc2nc(N[C@@H](C)c3ccccc3)oc(=O)c12. The standard InChI is InChI=1S/C23H27N3O4/c1-14-17(13-26(22(28)29)23(3,4)5)11-12-18-19(14)20(27)30-21(25-18)24-15(2)16-9-7-6-8-10-16/h6-12,15H,13H2,1-5H3,(H,24,25)(H,28,29)/t15-/m0/s1. The summed E-state index contributed by atoms with van der Waals surface area (Å²) in [5, 5.41) is 13.1. The van der Waals surface area contributed by atoms with E-state index in [1.54, 1.807) is 13.0 Å². The highest BCUT2D eigenvalue weighted by molar-refractivity contribution is 5.82. The van der Waals surface area contributed by atoms with E-state index in [0.717, 1.165) is 11.1 Å². The number of carboxylic acid groups (broad SMARTS) is 1. The number of nitrogens with zero attached hydrogens (tertiary/aromatic N) is 2. The van der Waals surface area contributed by atoms with Gasteiger partial charge in [0.25, 0.3) is 6.01 Å². The Morgan fingerprint density at radius 2 is 1.87 bits per heavy atom. The molecular formula is C23H27N3O4. The normalized spacial score (nSPS) is 12.6. The summed E-state index contributed by atoms with van der Waals surface area (Å²) in [5.74, 6) is 0. The summed E-state index contributed by atoms with van der Waals surface area (Å²) in [7, 11) is 0. The quantitative estimate of drug-likeness (QED) is 0.619. The average Bonchev–Trinajstić information content (AvgIpc) is 2.66. The second-order valence-electron chi connectivity index (χ2n) is 8.37. The fourth-order valence-electron chi connectivity index (χ4n) is 3.37. The van der Waals surface area contributed by atoms with Crippen molar-refractivity contribution >= 4 is 23.0 Å². The van der Waals surface area contributed by atoms with Crippen LogP contribution in [0.4, 0.5) is 10.8 Å². The van der Waals surface area contributed by atoms with Crippen LogP contribution in [-0.2, 0) is 6.54 Å². The monoisotopic (exact) mass is 409 g/mol. The molecule has 1 atom stereocenters. The number of benzene rings is 2. The molecule has 158 valence electrons. The molecular weight excluding hydrogens is 382 g/mol. The highest BCUT2D eigenvalue weighted by atomic mass is 16.4. The van der Waals surface area contributed by atoms with Gasteiger partial charge in [0.05, 0.1) is 16.9 Å². The van der Waals surface area contributed by atoms with E-state index in [0.29, 0.717) is 16.5 Å². The largest absolute Gasteiger partial charge is 0.465 e. The fraction of sp³-hybridized carbons (Fsp3) is 0.348. The third-order valence-corrected chi connectivity index (χ3v) is 5.18. The lowest BCUT2D eigenvalue weighted by atomic mass is 10.0. The van der Waals surface area contributed by atoms with Crippen molar-refractivity contribution in [2.24, 2.45) is 0 Å². The Balaban J connectivity index is 1.95. The number of aromatic nitrogens is 1. The van der Waals surface area contributed by atoms with Crippen LogP contribution in [-0.4, -0.2) is 26.6 Å². The molecule has 0 aliphatic carbocycles. The number of amides is 1. The fourth-order valence-corrected chi connectivity index (χ4v) is 3.37. The molecule has 0 fully saturated rings. The van der Waals surface area contributed by atoms with E-state index in [-0.39, 0.29) is 18.6 Å². The van der Waals surface area contributed by atoms with Crippen LogP contribution >= 0.6 is 0 Å². The highest BCUT2D eigenvalue weighted by Crippen LogP contribution is 2.25. The van der Waals surface area contributed by atoms with Crippen molar-refractivity contribution in [3.8, 4) is 0 Å². The van der Waals surface area contributed by atoms with Crippen LogP contribution in [0.25, 0.3) is 10.9 Å². The molecule has 7 nitrogen and oxygen atoms in total. The number of nitrogens with one attached hydrogen (secondary N) is 1. The first-order chi connectivity index (χ1) is 14.1. The van der Waals surface area contributed by atoms with Gasteiger partial charge in [0.1, 0.15) is 0 Å². The smallest absolute Gasteiger partial charge is 0.408 e. The van der Waals surface area contributed by atoms with Crippen LogP contribution in [0.2, 0.25) is 0 Å². The van der Waals surface area contributed by atoms with Gasteiger partial charge >= 0.3 is 11.7 Å². The van der Waals surface area contributed by atoms with Crippen LogP contribution < -0.4 is 10.9 Å². The zero-order valence-corrected chi connectivity index (χ0v) is 17.9. The molecule has 3 rings (SSSR count). The second kappa shape index (κ2) is 8.18. The molecule has 2 aromatic carbocycles. The Hall–Kier alpha value is -3.35. The lowest BCUT2D eigenvalue weighted by molar-refractivity contribution is 0.0955. The Morgan fingerprint density at radius 1 is 1.20 bits per heavy atom. The lowest BCUT2D eigenvalue weighted by Gasteiger charge is -2.33. The summed E-state index contributed by atoms with van der Waals surface area (Å²) >= 11 is 0. The van der Waals surface area contributed by atoms with Gasteiger partial charge < -0.3 is 14.8 Å². The maximum atomic E-state index is 12.7. The first-order valence-electron chi connectivity index (χ1n) is 9.83. The van der Waals surface area contributed by atoms with Crippen molar-refractivity contribution in [1.82, 2.24) is 9.88 Å². The molecule has 7 heteroatoms. The summed E-state index contributed by atoms with van der Waals surface area (Å²) in [6, 6.07) is 13.4. The molecule has 0 saturated carbocycles. The number of hydrogen-bond acceptors (Lipinski definition) is 5. The first kappa shape index (κ1) is 21.4. The molecule has 30 heavy (non-hydrogen) atoms. The topological polar surface area (TPSA) is 95.7 Å². The van der Waals surface area contributed by atoms with E-state index in [9.17, 15) is 14.7 Å². The molecule has 0 aliphatic heterocycles. The molecule has 0 saturated heterocycles. The van der Waals surface area contributed by atoms with E-state index in [2.05, 4.69) is 10.3 Å². The van der Waals surface area contributed by atoms with Crippen molar-refractivity contribution < 1.29 is 14.3 Å². The summed E-state index contributed by atoms with van der Waals surface area (Å²) in [5.41, 5.74) is 1.90. The van der Waals surface area contributed by atoms with Crippen LogP contribution in [0.3, 0.4) is 0 Å². The summed E-state index contributed by atoms with van der Waals surface area (Å²) in [4.78, 5) is 30.2. The van der Waals surface area contributed by atoms with Gasteiger partial charge in [0, 0.05) is 12.1 Å². The van der Waals surface area contributed by atoms with Gasteiger partial charge in [-0.2, -0.15) is 4.98 Å². The van der Waals surface area contributed by atoms with Crippen molar-refractivity contribution in [1.29, 1.82) is 0 Å². The van der Waals surface area contributed by atoms with E-state index in [1.165, 1.54) is 4.90 Å². The molecule has 1 amide bonds. The van der Waals surface area contributed by atoms with E-state index in [1.807, 2.05) is 64.1 Å². The molecule has 3 aromatic rings. The predicted octanol–water partition coefficient (Wildman–Crippen LogP) is 4.95. The third-order valence-electron chi connectivity index (χ3n) is 5.18. The Labute approximate surface area is 175 Å². The number of hydrogen-bond donors (Lipinski definition) is 2. The number of rotatable bonds is 5. The number of carbonyl (C=O) groups is 1. The minimum atomic E-state index is -1.01. The van der Waals surface area contributed by atoms with Crippen LogP contribution in [0.15, 0.2) is 51.7 Å². The molecule has 0 spiro atoms. The first-order valence-corrected chi connectivity index (χ1v) is 9.83. The minimum absolute atomic E-state index is 0.0874. The lowest BCUT2D eigenvalue weighted by Crippen LogP contribution is -2.44. The number of anilines is 1. The minimum Gasteiger partial charge on any atom is -0.465 e. The highest BCUT2D eigenvalue weighted by Gasteiger charge is 2.27. The Morgan fingerprint density at radius 3 is 2.47 bits per heavy atom. The zero-order chi connectivity index (χ0) is 22.1. The van der Waals surface area contributed by atoms with E-state index in [4.69, 9.17) is 4.42 Å². The second-order valence-corrected chi connectivity index (χ2v) is 8.37. The zero-order valence-electron chi connectivity index (χ0n) is 17.9. The average molecular weight is 409 g/mol. The molecule has 0 bridgehead atoms. The van der Waals surface area contributed by atoms with Crippen molar-refractivity contribution in [3.63, 3.8) is 0 Å². The van der Waals surface area contributed by atoms with Gasteiger partial charge in [0.2, 0.25) is 0 Å². The van der Waals surface area contributed by atoms with E-state index >= 15 is 0 Å². The molecule has 1 aromatic heterocycles. The van der Waals surface area contributed by atoms with Gasteiger partial charge in [-0.25, -0.2) is 9.59 Å². The predicted molar refractivity (Wildman–Crippen MR) is 117 cm³/mol. The summed E-state index contributed by atoms with van der Waals surface area (Å²) in [6.45, 7) is 9.42. The molecule has 0 unspecified atom stereocenters. The Kier molecular flexibility index (Phi) is 5.82. The van der Waals surface area contributed by atoms with Crippen LogP contribution in [0.1, 0.15) is 50.4 Å². The van der Waals surface area contributed by atoms with E-state index < -0.39 is 17.3 Å². The van der Waals surface area contributed by atoms with Gasteiger partial charge in [-0.15, -0.1) is 0 Å². The van der Waals surface area contributed by atoms with Crippen molar-refractivity contribution in [2.75, 3.05) is 5.32 Å². The van der Waals surface area contributed by atoms with Gasteiger partial charge in [0.15, 0.2) is 0 Å². The maximum Gasteiger partial charge on any atom is 0.408 e. The maximum absolute atomic E-state index is 12.7. The molecule has 0 aliphatic rings. The summed E-state index contributed by atoms with van der Waals surface area (Å²) in [6.07, 6.45) is -1.01. The number of aryl methyl sites for hydroxylation is 1. The molecule has 2 N–H and O–H groups in total. The van der Waals surface area contributed by atoms with Gasteiger partial charge in [-0.05, 0) is 57.4 Å². The molecule has 0 radical (unpaired) electrons. The van der Waals surface area contributed by atoms with Crippen molar-refractivity contribution in [3.05, 3.63) is 69.6 Å². The van der Waals surface area contributed by atoms with Crippen LogP contribution in [0, 0.1) is 6.92 Å². The molecule has 1 heterocycles. The van der Waals surface area contributed by atoms with Gasteiger partial charge in [-0.3, -0.25) is 4.90 Å². The number of fused-ring (bicyclic) bond motifs is 1. The Bertz CT molecular complexity index is 1120. The van der Waals surface area contributed by atoms with Crippen LogP contribution in [0.5, 0.6) is 0 Å². The van der Waals surface area contributed by atoms with Gasteiger partial charge in [-0.1, -0.05) is 36.4 Å². The third kappa shape index (κ3) is 4.45.